The third-order valence-corrected chi connectivity index (χ3v) is 2.92. The molecule has 0 aromatic heterocycles. The van der Waals surface area contributed by atoms with E-state index in [4.69, 9.17) is 5.73 Å². The number of carbonyl (C=O) groups is 3. The van der Waals surface area contributed by atoms with Crippen molar-refractivity contribution in [3.05, 3.63) is 0 Å². The van der Waals surface area contributed by atoms with Gasteiger partial charge in [0, 0.05) is 13.5 Å². The van der Waals surface area contributed by atoms with Crippen molar-refractivity contribution in [3.8, 4) is 0 Å². The molecule has 0 bridgehead atoms. The molecule has 0 unspecified atom stereocenters. The predicted octanol–water partition coefficient (Wildman–Crippen LogP) is 0.302. The monoisotopic (exact) mass is 300 g/mol. The van der Waals surface area contributed by atoms with Crippen LogP contribution in [0.5, 0.6) is 0 Å². The smallest absolute Gasteiger partial charge is 0.255 e. The van der Waals surface area contributed by atoms with Gasteiger partial charge in [0.15, 0.2) is 0 Å². The zero-order chi connectivity index (χ0) is 16.1. The highest BCUT2D eigenvalue weighted by Crippen LogP contribution is 2.03. The first-order chi connectivity index (χ1) is 10.0. The molecule has 21 heavy (non-hydrogen) atoms. The maximum Gasteiger partial charge on any atom is 0.255 e. The van der Waals surface area contributed by atoms with Gasteiger partial charge in [0.2, 0.25) is 11.8 Å². The topological polar surface area (TPSA) is 105 Å². The van der Waals surface area contributed by atoms with E-state index < -0.39 is 11.8 Å². The summed E-state index contributed by atoms with van der Waals surface area (Å²) in [6.07, 6.45) is 6.86. The van der Waals surface area contributed by atoms with Crippen LogP contribution in [0, 0.1) is 0 Å². The highest BCUT2D eigenvalue weighted by Gasteiger charge is 2.16. The average molecular weight is 300 g/mol. The summed E-state index contributed by atoms with van der Waals surface area (Å²) in [5.74, 6) is -1.22. The van der Waals surface area contributed by atoms with Crippen molar-refractivity contribution in [2.75, 3.05) is 19.6 Å². The van der Waals surface area contributed by atoms with Gasteiger partial charge in [0.25, 0.3) is 5.91 Å². The number of hydrogen-bond acceptors (Lipinski definition) is 4. The van der Waals surface area contributed by atoms with Gasteiger partial charge in [-0.25, -0.2) is 5.01 Å². The molecule has 0 atom stereocenters. The van der Waals surface area contributed by atoms with E-state index in [1.165, 1.54) is 32.6 Å². The molecule has 7 heteroatoms. The Morgan fingerprint density at radius 1 is 1.05 bits per heavy atom. The van der Waals surface area contributed by atoms with Gasteiger partial charge in [0.05, 0.1) is 6.54 Å². The van der Waals surface area contributed by atoms with Gasteiger partial charge in [-0.3, -0.25) is 19.8 Å². The van der Waals surface area contributed by atoms with Crippen molar-refractivity contribution in [2.24, 2.45) is 5.73 Å². The van der Waals surface area contributed by atoms with Crippen LogP contribution in [0.3, 0.4) is 0 Å². The Kier molecular flexibility index (Phi) is 11.2. The fourth-order valence-electron chi connectivity index (χ4n) is 1.82. The molecule has 0 aliphatic heterocycles. The summed E-state index contributed by atoms with van der Waals surface area (Å²) < 4.78 is 0. The van der Waals surface area contributed by atoms with Gasteiger partial charge in [-0.15, -0.1) is 0 Å². The van der Waals surface area contributed by atoms with E-state index in [0.717, 1.165) is 17.9 Å². The van der Waals surface area contributed by atoms with Crippen LogP contribution in [0.2, 0.25) is 0 Å². The number of rotatable bonds is 10. The summed E-state index contributed by atoms with van der Waals surface area (Å²) in [5.41, 5.74) is 7.52. The molecule has 0 aromatic rings. The number of nitrogens with one attached hydrogen (secondary N) is 2. The summed E-state index contributed by atoms with van der Waals surface area (Å²) in [5, 5.41) is 3.67. The zero-order valence-electron chi connectivity index (χ0n) is 13.1. The number of amides is 3. The van der Waals surface area contributed by atoms with Crippen molar-refractivity contribution in [1.82, 2.24) is 15.8 Å². The number of hydrogen-bond donors (Lipinski definition) is 3. The first-order valence-electron chi connectivity index (χ1n) is 7.55. The van der Waals surface area contributed by atoms with Crippen LogP contribution in [0.15, 0.2) is 0 Å². The fourth-order valence-corrected chi connectivity index (χ4v) is 1.82. The summed E-state index contributed by atoms with van der Waals surface area (Å²) >= 11 is 0. The molecule has 0 spiro atoms. The quantitative estimate of drug-likeness (QED) is 0.399. The van der Waals surface area contributed by atoms with Crippen LogP contribution in [0.4, 0.5) is 0 Å². The normalized spacial score (nSPS) is 10.0. The number of nitrogens with two attached hydrogens (primary N) is 1. The molecule has 0 saturated heterocycles. The number of nitrogens with zero attached hydrogens (tertiary/aromatic N) is 1. The van der Waals surface area contributed by atoms with Crippen LogP contribution in [0.1, 0.15) is 52.4 Å². The lowest BCUT2D eigenvalue weighted by Gasteiger charge is -2.21. The fraction of sp³-hybridized carbons (Fsp3) is 0.786. The van der Waals surface area contributed by atoms with Crippen LogP contribution in [-0.2, 0) is 14.4 Å². The Balaban J connectivity index is 3.87. The molecule has 0 rings (SSSR count). The maximum atomic E-state index is 11.7. The molecule has 0 radical (unpaired) electrons. The largest absolute Gasteiger partial charge is 0.354 e. The van der Waals surface area contributed by atoms with E-state index in [1.54, 1.807) is 0 Å². The minimum absolute atomic E-state index is 0.217. The molecule has 0 saturated carbocycles. The zero-order valence-corrected chi connectivity index (χ0v) is 13.1. The first kappa shape index (κ1) is 19.4. The van der Waals surface area contributed by atoms with E-state index in [9.17, 15) is 14.4 Å². The molecule has 3 amide bonds. The highest BCUT2D eigenvalue weighted by atomic mass is 16.2. The molecule has 0 aliphatic rings. The number of hydrazine groups is 1. The first-order valence-corrected chi connectivity index (χ1v) is 7.55. The van der Waals surface area contributed by atoms with E-state index in [2.05, 4.69) is 17.7 Å². The Bertz CT molecular complexity index is 334. The third kappa shape index (κ3) is 10.8. The van der Waals surface area contributed by atoms with Crippen LogP contribution >= 0.6 is 0 Å². The van der Waals surface area contributed by atoms with Gasteiger partial charge in [-0.2, -0.15) is 0 Å². The third-order valence-electron chi connectivity index (χ3n) is 2.92. The number of carbonyl (C=O) groups excluding carboxylic acids is 3. The second kappa shape index (κ2) is 12.1. The standard InChI is InChI=1S/C14H28N4O3/c1-3-4-5-6-7-8-9-16-13(20)11-18(14(21)10-15)17-12(2)19/h3-11,15H2,1-2H3,(H,16,20)(H,17,19). The summed E-state index contributed by atoms with van der Waals surface area (Å²) in [4.78, 5) is 34.1. The molecule has 0 aromatic carbocycles. The van der Waals surface area contributed by atoms with Gasteiger partial charge in [0.1, 0.15) is 6.54 Å². The lowest BCUT2D eigenvalue weighted by atomic mass is 10.1. The van der Waals surface area contributed by atoms with Crippen LogP contribution in [-0.4, -0.2) is 42.4 Å². The molecular formula is C14H28N4O3. The minimum Gasteiger partial charge on any atom is -0.354 e. The Morgan fingerprint density at radius 2 is 1.67 bits per heavy atom. The molecule has 0 heterocycles. The predicted molar refractivity (Wildman–Crippen MR) is 81.0 cm³/mol. The lowest BCUT2D eigenvalue weighted by Crippen LogP contribution is -2.52. The molecule has 4 N–H and O–H groups in total. The Labute approximate surface area is 126 Å². The van der Waals surface area contributed by atoms with Crippen molar-refractivity contribution in [3.63, 3.8) is 0 Å². The number of unbranched alkanes of at least 4 members (excludes halogenated alkanes) is 5. The molecule has 7 nitrogen and oxygen atoms in total. The summed E-state index contributed by atoms with van der Waals surface area (Å²) in [6, 6.07) is 0. The molecular weight excluding hydrogens is 272 g/mol. The van der Waals surface area contributed by atoms with Gasteiger partial charge < -0.3 is 11.1 Å². The SMILES string of the molecule is CCCCCCCCNC(=O)CN(NC(C)=O)C(=O)CN. The summed E-state index contributed by atoms with van der Waals surface area (Å²) in [7, 11) is 0. The van der Waals surface area contributed by atoms with Gasteiger partial charge in [-0.1, -0.05) is 39.0 Å². The van der Waals surface area contributed by atoms with Crippen LogP contribution in [0.25, 0.3) is 0 Å². The van der Waals surface area contributed by atoms with Crippen molar-refractivity contribution < 1.29 is 14.4 Å². The van der Waals surface area contributed by atoms with Crippen molar-refractivity contribution >= 4 is 17.7 Å². The molecule has 122 valence electrons. The van der Waals surface area contributed by atoms with E-state index in [-0.39, 0.29) is 19.0 Å². The Hall–Kier alpha value is -1.63. The maximum absolute atomic E-state index is 11.7. The van der Waals surface area contributed by atoms with Crippen molar-refractivity contribution in [2.45, 2.75) is 52.4 Å². The lowest BCUT2D eigenvalue weighted by molar-refractivity contribution is -0.142. The van der Waals surface area contributed by atoms with Crippen LogP contribution < -0.4 is 16.5 Å². The molecule has 0 aliphatic carbocycles. The van der Waals surface area contributed by atoms with E-state index in [1.807, 2.05) is 0 Å². The molecule has 0 fully saturated rings. The minimum atomic E-state index is -0.500. The second-order valence-corrected chi connectivity index (χ2v) is 4.97. The van der Waals surface area contributed by atoms with E-state index >= 15 is 0 Å². The summed E-state index contributed by atoms with van der Waals surface area (Å²) in [6.45, 7) is 3.54. The van der Waals surface area contributed by atoms with Gasteiger partial charge >= 0.3 is 0 Å². The Morgan fingerprint density at radius 3 is 2.24 bits per heavy atom. The van der Waals surface area contributed by atoms with E-state index in [0.29, 0.717) is 6.54 Å². The average Bonchev–Trinajstić information content (AvgIpc) is 2.44. The second-order valence-electron chi connectivity index (χ2n) is 4.97. The van der Waals surface area contributed by atoms with Crippen molar-refractivity contribution in [1.29, 1.82) is 0 Å². The van der Waals surface area contributed by atoms with Gasteiger partial charge in [-0.05, 0) is 6.42 Å². The highest BCUT2D eigenvalue weighted by molar-refractivity contribution is 5.87.